The van der Waals surface area contributed by atoms with Crippen molar-refractivity contribution in [1.82, 2.24) is 15.3 Å². The zero-order valence-electron chi connectivity index (χ0n) is 9.77. The van der Waals surface area contributed by atoms with Crippen LogP contribution in [-0.4, -0.2) is 33.0 Å². The number of aromatic amines is 1. The van der Waals surface area contributed by atoms with Crippen molar-refractivity contribution in [2.45, 2.75) is 38.6 Å². The summed E-state index contributed by atoms with van der Waals surface area (Å²) in [5.41, 5.74) is 0.688. The summed E-state index contributed by atoms with van der Waals surface area (Å²) in [6, 6.07) is -0.903. The van der Waals surface area contributed by atoms with Gasteiger partial charge >= 0.3 is 5.97 Å². The molecule has 3 N–H and O–H groups in total. The normalized spacial score (nSPS) is 12.1. The maximum absolute atomic E-state index is 11.4. The number of aliphatic carboxylic acids is 1. The Balaban J connectivity index is 2.49. The summed E-state index contributed by atoms with van der Waals surface area (Å²) in [7, 11) is 0. The number of rotatable bonds is 7. The lowest BCUT2D eigenvalue weighted by Gasteiger charge is -2.13. The Bertz CT molecular complexity index is 362. The highest BCUT2D eigenvalue weighted by molar-refractivity contribution is 5.83. The fourth-order valence-electron chi connectivity index (χ4n) is 1.42. The average molecular weight is 239 g/mol. The first-order valence-corrected chi connectivity index (χ1v) is 5.63. The van der Waals surface area contributed by atoms with Gasteiger partial charge in [-0.3, -0.25) is 4.79 Å². The molecule has 1 aromatic heterocycles. The standard InChI is InChI=1S/C11H17N3O3/c1-2-3-4-10(15)14-9(11(16)17)5-8-6-12-7-13-8/h6-7,9H,2-5H2,1H3,(H,12,13)(H,14,15)(H,16,17). The minimum Gasteiger partial charge on any atom is -0.480 e. The van der Waals surface area contributed by atoms with E-state index in [2.05, 4.69) is 15.3 Å². The topological polar surface area (TPSA) is 95.1 Å². The number of carbonyl (C=O) groups is 2. The van der Waals surface area contributed by atoms with Crippen LogP contribution in [-0.2, 0) is 16.0 Å². The first kappa shape index (κ1) is 13.2. The number of unbranched alkanes of at least 4 members (excludes halogenated alkanes) is 1. The van der Waals surface area contributed by atoms with Gasteiger partial charge in [0, 0.05) is 24.7 Å². The van der Waals surface area contributed by atoms with Crippen molar-refractivity contribution in [1.29, 1.82) is 0 Å². The second-order valence-corrected chi connectivity index (χ2v) is 3.84. The van der Waals surface area contributed by atoms with Crippen LogP contribution in [0.1, 0.15) is 31.9 Å². The summed E-state index contributed by atoms with van der Waals surface area (Å²) >= 11 is 0. The van der Waals surface area contributed by atoms with E-state index < -0.39 is 12.0 Å². The number of carbonyl (C=O) groups excluding carboxylic acids is 1. The van der Waals surface area contributed by atoms with Crippen molar-refractivity contribution in [2.75, 3.05) is 0 Å². The molecule has 0 radical (unpaired) electrons. The average Bonchev–Trinajstić information content (AvgIpc) is 2.78. The molecule has 0 aromatic carbocycles. The highest BCUT2D eigenvalue weighted by Crippen LogP contribution is 2.01. The number of carboxylic acid groups (broad SMARTS) is 1. The van der Waals surface area contributed by atoms with Gasteiger partial charge in [-0.05, 0) is 6.42 Å². The van der Waals surface area contributed by atoms with Gasteiger partial charge in [0.1, 0.15) is 6.04 Å². The Hall–Kier alpha value is -1.85. The second kappa shape index (κ2) is 6.67. The van der Waals surface area contributed by atoms with E-state index in [4.69, 9.17) is 5.11 Å². The molecule has 0 aliphatic heterocycles. The van der Waals surface area contributed by atoms with Gasteiger partial charge in [-0.25, -0.2) is 9.78 Å². The summed E-state index contributed by atoms with van der Waals surface area (Å²) in [6.07, 6.45) is 5.28. The molecule has 0 aliphatic rings. The first-order chi connectivity index (χ1) is 8.13. The molecule has 0 aliphatic carbocycles. The van der Waals surface area contributed by atoms with Crippen LogP contribution in [0.5, 0.6) is 0 Å². The van der Waals surface area contributed by atoms with Crippen molar-refractivity contribution < 1.29 is 14.7 Å². The first-order valence-electron chi connectivity index (χ1n) is 5.63. The number of H-pyrrole nitrogens is 1. The van der Waals surface area contributed by atoms with Crippen molar-refractivity contribution in [2.24, 2.45) is 0 Å². The fraction of sp³-hybridized carbons (Fsp3) is 0.545. The van der Waals surface area contributed by atoms with E-state index in [-0.39, 0.29) is 12.3 Å². The van der Waals surface area contributed by atoms with Gasteiger partial charge in [-0.15, -0.1) is 0 Å². The van der Waals surface area contributed by atoms with E-state index in [1.807, 2.05) is 6.92 Å². The Morgan fingerprint density at radius 2 is 2.35 bits per heavy atom. The van der Waals surface area contributed by atoms with Gasteiger partial charge in [-0.2, -0.15) is 0 Å². The SMILES string of the molecule is CCCCC(=O)NC(Cc1cnc[nH]1)C(=O)O. The Morgan fingerprint density at radius 1 is 1.59 bits per heavy atom. The Labute approximate surface area is 99.4 Å². The highest BCUT2D eigenvalue weighted by Gasteiger charge is 2.20. The van der Waals surface area contributed by atoms with Crippen molar-refractivity contribution >= 4 is 11.9 Å². The molecule has 1 aromatic rings. The lowest BCUT2D eigenvalue weighted by atomic mass is 10.1. The molecule has 1 rings (SSSR count). The summed E-state index contributed by atoms with van der Waals surface area (Å²) in [5, 5.41) is 11.5. The van der Waals surface area contributed by atoms with Gasteiger partial charge < -0.3 is 15.4 Å². The van der Waals surface area contributed by atoms with E-state index in [9.17, 15) is 9.59 Å². The van der Waals surface area contributed by atoms with E-state index in [0.717, 1.165) is 12.8 Å². The van der Waals surface area contributed by atoms with Gasteiger partial charge in [0.05, 0.1) is 6.33 Å². The molecular weight excluding hydrogens is 222 g/mol. The fourth-order valence-corrected chi connectivity index (χ4v) is 1.42. The summed E-state index contributed by atoms with van der Waals surface area (Å²) in [4.78, 5) is 29.0. The molecule has 1 heterocycles. The number of nitrogens with one attached hydrogen (secondary N) is 2. The molecule has 94 valence electrons. The van der Waals surface area contributed by atoms with Crippen LogP contribution in [0.25, 0.3) is 0 Å². The van der Waals surface area contributed by atoms with E-state index in [1.54, 1.807) is 6.20 Å². The molecule has 1 amide bonds. The molecule has 0 fully saturated rings. The third kappa shape index (κ3) is 4.67. The molecule has 0 saturated heterocycles. The van der Waals surface area contributed by atoms with Crippen LogP contribution in [0.2, 0.25) is 0 Å². The molecule has 6 nitrogen and oxygen atoms in total. The molecule has 0 spiro atoms. The van der Waals surface area contributed by atoms with Gasteiger partial charge in [-0.1, -0.05) is 13.3 Å². The van der Waals surface area contributed by atoms with Gasteiger partial charge in [0.25, 0.3) is 0 Å². The number of hydrogen-bond donors (Lipinski definition) is 3. The maximum Gasteiger partial charge on any atom is 0.326 e. The molecule has 1 atom stereocenters. The number of amides is 1. The van der Waals surface area contributed by atoms with E-state index in [0.29, 0.717) is 12.1 Å². The summed E-state index contributed by atoms with van der Waals surface area (Å²) in [6.45, 7) is 1.98. The quantitative estimate of drug-likeness (QED) is 0.653. The van der Waals surface area contributed by atoms with Crippen LogP contribution < -0.4 is 5.32 Å². The van der Waals surface area contributed by atoms with Crippen molar-refractivity contribution in [3.05, 3.63) is 18.2 Å². The maximum atomic E-state index is 11.4. The lowest BCUT2D eigenvalue weighted by Crippen LogP contribution is -2.42. The summed E-state index contributed by atoms with van der Waals surface area (Å²) in [5.74, 6) is -1.26. The Kier molecular flexibility index (Phi) is 5.19. The number of carboxylic acids is 1. The van der Waals surface area contributed by atoms with Crippen molar-refractivity contribution in [3.8, 4) is 0 Å². The predicted molar refractivity (Wildman–Crippen MR) is 61.4 cm³/mol. The van der Waals surface area contributed by atoms with Crippen LogP contribution in [0.3, 0.4) is 0 Å². The zero-order valence-corrected chi connectivity index (χ0v) is 9.77. The monoisotopic (exact) mass is 239 g/mol. The van der Waals surface area contributed by atoms with Gasteiger partial charge in [0.15, 0.2) is 0 Å². The Morgan fingerprint density at radius 3 is 2.88 bits per heavy atom. The molecule has 0 bridgehead atoms. The zero-order chi connectivity index (χ0) is 12.7. The van der Waals surface area contributed by atoms with Gasteiger partial charge in [0.2, 0.25) is 5.91 Å². The molecule has 6 heteroatoms. The third-order valence-corrected chi connectivity index (χ3v) is 2.37. The van der Waals surface area contributed by atoms with Crippen LogP contribution in [0.15, 0.2) is 12.5 Å². The smallest absolute Gasteiger partial charge is 0.326 e. The minimum absolute atomic E-state index is 0.215. The molecule has 1 unspecified atom stereocenters. The van der Waals surface area contributed by atoms with Crippen molar-refractivity contribution in [3.63, 3.8) is 0 Å². The van der Waals surface area contributed by atoms with E-state index >= 15 is 0 Å². The third-order valence-electron chi connectivity index (χ3n) is 2.37. The summed E-state index contributed by atoms with van der Waals surface area (Å²) < 4.78 is 0. The predicted octanol–water partition coefficient (Wildman–Crippen LogP) is 0.712. The number of nitrogens with zero attached hydrogens (tertiary/aromatic N) is 1. The number of hydrogen-bond acceptors (Lipinski definition) is 3. The second-order valence-electron chi connectivity index (χ2n) is 3.84. The van der Waals surface area contributed by atoms with E-state index in [1.165, 1.54) is 6.33 Å². The molecular formula is C11H17N3O3. The lowest BCUT2D eigenvalue weighted by molar-refractivity contribution is -0.141. The van der Waals surface area contributed by atoms with Crippen LogP contribution in [0, 0.1) is 0 Å². The highest BCUT2D eigenvalue weighted by atomic mass is 16.4. The molecule has 0 saturated carbocycles. The van der Waals surface area contributed by atoms with Crippen LogP contribution >= 0.6 is 0 Å². The largest absolute Gasteiger partial charge is 0.480 e. The number of imidazole rings is 1. The molecule has 17 heavy (non-hydrogen) atoms. The minimum atomic E-state index is -1.04. The number of aromatic nitrogens is 2. The van der Waals surface area contributed by atoms with Crippen LogP contribution in [0.4, 0.5) is 0 Å².